The summed E-state index contributed by atoms with van der Waals surface area (Å²) in [5.41, 5.74) is 6.05. The van der Waals surface area contributed by atoms with Gasteiger partial charge in [0.25, 0.3) is 0 Å². The lowest BCUT2D eigenvalue weighted by Gasteiger charge is -2.25. The van der Waals surface area contributed by atoms with Crippen LogP contribution >= 0.6 is 0 Å². The van der Waals surface area contributed by atoms with Crippen LogP contribution in [0.15, 0.2) is 42.5 Å². The van der Waals surface area contributed by atoms with Crippen LogP contribution in [0, 0.1) is 0 Å². The second-order valence-electron chi connectivity index (χ2n) is 8.45. The molecule has 2 atom stereocenters. The van der Waals surface area contributed by atoms with E-state index in [4.69, 9.17) is 4.74 Å². The van der Waals surface area contributed by atoms with Crippen LogP contribution in [0.25, 0.3) is 11.3 Å². The highest BCUT2D eigenvalue weighted by Crippen LogP contribution is 2.40. The predicted molar refractivity (Wildman–Crippen MR) is 117 cm³/mol. The number of rotatable bonds is 7. The van der Waals surface area contributed by atoms with Gasteiger partial charge < -0.3 is 14.9 Å². The van der Waals surface area contributed by atoms with Crippen LogP contribution in [0.5, 0.6) is 0 Å². The molecule has 2 aromatic carbocycles. The van der Waals surface area contributed by atoms with E-state index in [0.717, 1.165) is 35.2 Å². The van der Waals surface area contributed by atoms with Crippen LogP contribution in [-0.2, 0) is 29.0 Å². The second-order valence-corrected chi connectivity index (χ2v) is 8.45. The van der Waals surface area contributed by atoms with E-state index < -0.39 is 12.2 Å². The van der Waals surface area contributed by atoms with Crippen molar-refractivity contribution in [3.63, 3.8) is 0 Å². The lowest BCUT2D eigenvalue weighted by molar-refractivity contribution is -0.112. The summed E-state index contributed by atoms with van der Waals surface area (Å²) in [7, 11) is 0. The molecule has 0 spiro atoms. The minimum Gasteiger partial charge on any atom is -0.487 e. The number of aliphatic hydroxyl groups is 2. The predicted octanol–water partition coefficient (Wildman–Crippen LogP) is 2.82. The van der Waals surface area contributed by atoms with Crippen molar-refractivity contribution < 1.29 is 19.7 Å². The number of allylic oxidation sites excluding steroid dienone is 1. The third-order valence-electron chi connectivity index (χ3n) is 5.69. The van der Waals surface area contributed by atoms with E-state index in [1.54, 1.807) is 13.8 Å². The molecule has 4 rings (SSSR count). The molecule has 1 aliphatic heterocycles. The van der Waals surface area contributed by atoms with Crippen molar-refractivity contribution in [2.24, 2.45) is 0 Å². The number of ether oxygens (including phenoxy) is 1. The lowest BCUT2D eigenvalue weighted by atomic mass is 9.98. The normalized spacial score (nSPS) is 19.6. The molecule has 2 unspecified atom stereocenters. The highest BCUT2D eigenvalue weighted by molar-refractivity contribution is 6.31. The average Bonchev–Trinajstić information content (AvgIpc) is 3.24. The number of fused-ring (bicyclic) bond motifs is 2. The molecule has 5 heteroatoms. The Balaban J connectivity index is 1.54. The zero-order chi connectivity index (χ0) is 21.3. The van der Waals surface area contributed by atoms with Gasteiger partial charge in [0.15, 0.2) is 5.78 Å². The van der Waals surface area contributed by atoms with E-state index in [1.807, 2.05) is 24.3 Å². The summed E-state index contributed by atoms with van der Waals surface area (Å²) in [4.78, 5) is 14.7. The first-order valence-electron chi connectivity index (χ1n) is 10.6. The fourth-order valence-corrected chi connectivity index (χ4v) is 4.45. The zero-order valence-electron chi connectivity index (χ0n) is 17.6. The van der Waals surface area contributed by atoms with Crippen molar-refractivity contribution in [1.82, 2.24) is 4.90 Å². The Kier molecular flexibility index (Phi) is 6.04. The van der Waals surface area contributed by atoms with Crippen LogP contribution in [0.3, 0.4) is 0 Å². The van der Waals surface area contributed by atoms with Gasteiger partial charge in [-0.05, 0) is 37.0 Å². The van der Waals surface area contributed by atoms with Crippen LogP contribution in [0.1, 0.15) is 41.7 Å². The standard InChI is InChI=1S/C25H29NO4/c1-16(27)13-26(14-17(2)28)10-9-18-7-8-22-20(11-18)15-30-25(22)24-21-6-4-3-5-19(21)12-23(24)29/h3-8,11,16-17,27-28H,9-10,12-15H2,1-2H3/b25-24+. The molecule has 0 aromatic heterocycles. The number of aliphatic hydroxyl groups excluding tert-OH is 2. The molecule has 2 aromatic rings. The van der Waals surface area contributed by atoms with Crippen molar-refractivity contribution >= 4 is 17.1 Å². The summed E-state index contributed by atoms with van der Waals surface area (Å²) in [6, 6.07) is 14.2. The van der Waals surface area contributed by atoms with Gasteiger partial charge in [-0.3, -0.25) is 9.69 Å². The third-order valence-corrected chi connectivity index (χ3v) is 5.69. The number of Topliss-reactive ketones (excluding diaryl/α,β-unsaturated/α-hetero) is 1. The zero-order valence-corrected chi connectivity index (χ0v) is 17.6. The molecule has 1 heterocycles. The van der Waals surface area contributed by atoms with Crippen LogP contribution < -0.4 is 0 Å². The van der Waals surface area contributed by atoms with Crippen LogP contribution in [-0.4, -0.2) is 52.7 Å². The van der Waals surface area contributed by atoms with E-state index in [1.165, 1.54) is 5.56 Å². The van der Waals surface area contributed by atoms with Crippen molar-refractivity contribution in [2.75, 3.05) is 19.6 Å². The number of nitrogens with zero attached hydrogens (tertiary/aromatic N) is 1. The number of ketones is 1. The molecule has 0 saturated carbocycles. The van der Waals surface area contributed by atoms with Gasteiger partial charge in [0.1, 0.15) is 12.4 Å². The molecule has 0 radical (unpaired) electrons. The minimum absolute atomic E-state index is 0.120. The van der Waals surface area contributed by atoms with Gasteiger partial charge in [-0.25, -0.2) is 0 Å². The smallest absolute Gasteiger partial charge is 0.171 e. The third kappa shape index (κ3) is 4.33. The summed E-state index contributed by atoms with van der Waals surface area (Å²) < 4.78 is 6.00. The Morgan fingerprint density at radius 3 is 2.47 bits per heavy atom. The summed E-state index contributed by atoms with van der Waals surface area (Å²) in [5, 5.41) is 19.4. The van der Waals surface area contributed by atoms with Crippen molar-refractivity contribution in [3.8, 4) is 0 Å². The monoisotopic (exact) mass is 407 g/mol. The highest BCUT2D eigenvalue weighted by atomic mass is 16.5. The molecule has 30 heavy (non-hydrogen) atoms. The van der Waals surface area contributed by atoms with E-state index in [0.29, 0.717) is 37.4 Å². The molecule has 0 saturated heterocycles. The van der Waals surface area contributed by atoms with Gasteiger partial charge in [0, 0.05) is 37.2 Å². The fraction of sp³-hybridized carbons (Fsp3) is 0.400. The quantitative estimate of drug-likeness (QED) is 0.691. The Hall–Kier alpha value is -2.47. The Labute approximate surface area is 177 Å². The Bertz CT molecular complexity index is 967. The molecule has 0 fully saturated rings. The van der Waals surface area contributed by atoms with Gasteiger partial charge in [0.05, 0.1) is 17.8 Å². The number of carbonyl (C=O) groups is 1. The van der Waals surface area contributed by atoms with Crippen molar-refractivity contribution in [2.45, 2.75) is 45.5 Å². The first-order chi connectivity index (χ1) is 14.4. The number of hydrogen-bond donors (Lipinski definition) is 2. The first-order valence-corrected chi connectivity index (χ1v) is 10.6. The minimum atomic E-state index is -0.432. The maximum absolute atomic E-state index is 12.7. The number of benzene rings is 2. The molecule has 158 valence electrons. The average molecular weight is 408 g/mol. The van der Waals surface area contributed by atoms with E-state index in [-0.39, 0.29) is 5.78 Å². The van der Waals surface area contributed by atoms with Gasteiger partial charge in [-0.2, -0.15) is 0 Å². The Morgan fingerprint density at radius 1 is 1.00 bits per heavy atom. The van der Waals surface area contributed by atoms with Crippen LogP contribution in [0.2, 0.25) is 0 Å². The molecule has 5 nitrogen and oxygen atoms in total. The highest BCUT2D eigenvalue weighted by Gasteiger charge is 2.32. The summed E-state index contributed by atoms with van der Waals surface area (Å²) in [6.07, 6.45) is 0.394. The molecule has 2 aliphatic rings. The fourth-order valence-electron chi connectivity index (χ4n) is 4.45. The topological polar surface area (TPSA) is 70.0 Å². The van der Waals surface area contributed by atoms with Crippen molar-refractivity contribution in [1.29, 1.82) is 0 Å². The SMILES string of the molecule is CC(O)CN(CCc1ccc2c(c1)CO/C2=C1/C(=O)Cc2ccccc21)CC(C)O. The van der Waals surface area contributed by atoms with E-state index in [9.17, 15) is 15.0 Å². The number of hydrogen-bond acceptors (Lipinski definition) is 5. The second kappa shape index (κ2) is 8.72. The Morgan fingerprint density at radius 2 is 1.73 bits per heavy atom. The maximum atomic E-state index is 12.7. The van der Waals surface area contributed by atoms with E-state index in [2.05, 4.69) is 23.1 Å². The van der Waals surface area contributed by atoms with E-state index >= 15 is 0 Å². The molecule has 2 N–H and O–H groups in total. The molecule has 1 aliphatic carbocycles. The van der Waals surface area contributed by atoms with Gasteiger partial charge in [0.2, 0.25) is 0 Å². The van der Waals surface area contributed by atoms with Gasteiger partial charge >= 0.3 is 0 Å². The largest absolute Gasteiger partial charge is 0.487 e. The maximum Gasteiger partial charge on any atom is 0.171 e. The summed E-state index contributed by atoms with van der Waals surface area (Å²) in [6.45, 7) is 5.84. The molecule has 0 amide bonds. The summed E-state index contributed by atoms with van der Waals surface area (Å²) >= 11 is 0. The number of carbonyl (C=O) groups excluding carboxylic acids is 1. The molecular formula is C25H29NO4. The first kappa shape index (κ1) is 20.8. The van der Waals surface area contributed by atoms with Gasteiger partial charge in [-0.15, -0.1) is 0 Å². The van der Waals surface area contributed by atoms with Crippen molar-refractivity contribution in [3.05, 3.63) is 70.3 Å². The summed E-state index contributed by atoms with van der Waals surface area (Å²) in [5.74, 6) is 0.825. The lowest BCUT2D eigenvalue weighted by Crippen LogP contribution is -2.37. The van der Waals surface area contributed by atoms with Crippen LogP contribution in [0.4, 0.5) is 0 Å². The van der Waals surface area contributed by atoms with Gasteiger partial charge in [-0.1, -0.05) is 42.5 Å². The molecular weight excluding hydrogens is 378 g/mol. The molecule has 0 bridgehead atoms.